The number of hydrogen-bond acceptors (Lipinski definition) is 5. The van der Waals surface area contributed by atoms with Gasteiger partial charge in [-0.25, -0.2) is 4.98 Å². The smallest absolute Gasteiger partial charge is 0.213 e. The van der Waals surface area contributed by atoms with E-state index in [1.54, 1.807) is 7.11 Å². The SMILES string of the molecule is COc1ccc2c(n1)COC1=C2CC2(CC1)OCCO2. The number of allylic oxidation sites excluding steroid dienone is 1. The van der Waals surface area contributed by atoms with Crippen LogP contribution in [0.3, 0.4) is 0 Å². The molecule has 0 unspecified atom stereocenters. The van der Waals surface area contributed by atoms with Crippen molar-refractivity contribution < 1.29 is 18.9 Å². The maximum Gasteiger partial charge on any atom is 0.213 e. The Balaban J connectivity index is 1.73. The molecule has 106 valence electrons. The first-order chi connectivity index (χ1) is 9.80. The van der Waals surface area contributed by atoms with Gasteiger partial charge in [0.05, 0.1) is 26.0 Å². The second kappa shape index (κ2) is 4.46. The molecule has 5 heteroatoms. The van der Waals surface area contributed by atoms with Crippen LogP contribution in [0.15, 0.2) is 17.9 Å². The van der Waals surface area contributed by atoms with Crippen LogP contribution in [0.5, 0.6) is 5.88 Å². The van der Waals surface area contributed by atoms with Crippen molar-refractivity contribution in [1.82, 2.24) is 4.98 Å². The minimum Gasteiger partial charge on any atom is -0.491 e. The third kappa shape index (κ3) is 1.81. The molecular weight excluding hydrogens is 258 g/mol. The molecule has 0 aromatic carbocycles. The summed E-state index contributed by atoms with van der Waals surface area (Å²) in [7, 11) is 1.62. The van der Waals surface area contributed by atoms with Crippen LogP contribution in [0.4, 0.5) is 0 Å². The van der Waals surface area contributed by atoms with Crippen molar-refractivity contribution in [2.75, 3.05) is 20.3 Å². The maximum atomic E-state index is 5.86. The van der Waals surface area contributed by atoms with Gasteiger partial charge in [-0.3, -0.25) is 0 Å². The van der Waals surface area contributed by atoms with Gasteiger partial charge in [-0.2, -0.15) is 0 Å². The molecule has 1 saturated heterocycles. The van der Waals surface area contributed by atoms with Crippen molar-refractivity contribution in [1.29, 1.82) is 0 Å². The monoisotopic (exact) mass is 275 g/mol. The normalized spacial score (nSPS) is 23.2. The van der Waals surface area contributed by atoms with Crippen molar-refractivity contribution in [2.24, 2.45) is 0 Å². The third-order valence-corrected chi connectivity index (χ3v) is 4.20. The van der Waals surface area contributed by atoms with Crippen molar-refractivity contribution in [3.8, 4) is 5.88 Å². The van der Waals surface area contributed by atoms with E-state index in [0.29, 0.717) is 25.7 Å². The zero-order valence-corrected chi connectivity index (χ0v) is 11.5. The molecule has 1 spiro atoms. The topological polar surface area (TPSA) is 49.8 Å². The molecular formula is C15H17NO4. The van der Waals surface area contributed by atoms with Gasteiger partial charge in [-0.05, 0) is 6.07 Å². The second-order valence-electron chi connectivity index (χ2n) is 5.32. The first kappa shape index (κ1) is 12.2. The summed E-state index contributed by atoms with van der Waals surface area (Å²) in [6, 6.07) is 3.96. The number of hydrogen-bond donors (Lipinski definition) is 0. The summed E-state index contributed by atoms with van der Waals surface area (Å²) >= 11 is 0. The molecule has 1 aromatic heterocycles. The van der Waals surface area contributed by atoms with Gasteiger partial charge >= 0.3 is 0 Å². The van der Waals surface area contributed by atoms with Crippen LogP contribution in [-0.2, 0) is 20.8 Å². The maximum absolute atomic E-state index is 5.86. The molecule has 5 nitrogen and oxygen atoms in total. The van der Waals surface area contributed by atoms with Gasteiger partial charge < -0.3 is 18.9 Å². The first-order valence-corrected chi connectivity index (χ1v) is 6.97. The number of aromatic nitrogens is 1. The molecule has 1 fully saturated rings. The fourth-order valence-electron chi connectivity index (χ4n) is 3.19. The van der Waals surface area contributed by atoms with Crippen LogP contribution >= 0.6 is 0 Å². The Labute approximate surface area is 117 Å². The standard InChI is InChI=1S/C15H17NO4/c1-17-14-3-2-10-11-8-15(19-6-7-20-15)5-4-13(11)18-9-12(10)16-14/h2-3H,4-9H2,1H3. The summed E-state index contributed by atoms with van der Waals surface area (Å²) in [4.78, 5) is 4.47. The number of pyridine rings is 1. The van der Waals surface area contributed by atoms with Crippen LogP contribution < -0.4 is 4.74 Å². The first-order valence-electron chi connectivity index (χ1n) is 6.97. The van der Waals surface area contributed by atoms with E-state index in [9.17, 15) is 0 Å². The van der Waals surface area contributed by atoms with E-state index in [1.165, 1.54) is 5.57 Å². The summed E-state index contributed by atoms with van der Waals surface area (Å²) in [5.74, 6) is 1.24. The minimum absolute atomic E-state index is 0.448. The summed E-state index contributed by atoms with van der Waals surface area (Å²) in [6.45, 7) is 1.87. The van der Waals surface area contributed by atoms with Gasteiger partial charge in [-0.15, -0.1) is 0 Å². The van der Waals surface area contributed by atoms with Crippen LogP contribution in [0, 0.1) is 0 Å². The molecule has 1 aromatic rings. The van der Waals surface area contributed by atoms with Gasteiger partial charge in [0.15, 0.2) is 5.79 Å². The molecule has 0 amide bonds. The summed E-state index contributed by atoms with van der Waals surface area (Å²) in [6.07, 6.45) is 2.47. The zero-order chi connectivity index (χ0) is 13.6. The molecule has 0 atom stereocenters. The van der Waals surface area contributed by atoms with Crippen molar-refractivity contribution in [3.63, 3.8) is 0 Å². The van der Waals surface area contributed by atoms with E-state index in [-0.39, 0.29) is 0 Å². The Morgan fingerprint density at radius 1 is 1.25 bits per heavy atom. The lowest BCUT2D eigenvalue weighted by molar-refractivity contribution is -0.162. The van der Waals surface area contributed by atoms with Gasteiger partial charge in [0.25, 0.3) is 0 Å². The average Bonchev–Trinajstić information content (AvgIpc) is 2.94. The van der Waals surface area contributed by atoms with Crippen molar-refractivity contribution in [3.05, 3.63) is 29.1 Å². The van der Waals surface area contributed by atoms with Gasteiger partial charge in [0.2, 0.25) is 5.88 Å². The van der Waals surface area contributed by atoms with Gasteiger partial charge in [-0.1, -0.05) is 0 Å². The fraction of sp³-hybridized carbons (Fsp3) is 0.533. The van der Waals surface area contributed by atoms with E-state index in [4.69, 9.17) is 18.9 Å². The summed E-state index contributed by atoms with van der Waals surface area (Å²) in [5.41, 5.74) is 3.25. The number of methoxy groups -OCH3 is 1. The van der Waals surface area contributed by atoms with Crippen molar-refractivity contribution in [2.45, 2.75) is 31.7 Å². The van der Waals surface area contributed by atoms with E-state index in [0.717, 1.165) is 36.3 Å². The number of rotatable bonds is 1. The average molecular weight is 275 g/mol. The van der Waals surface area contributed by atoms with Crippen LogP contribution in [0.25, 0.3) is 5.57 Å². The predicted octanol–water partition coefficient (Wildman–Crippen LogP) is 2.26. The highest BCUT2D eigenvalue weighted by Crippen LogP contribution is 2.45. The fourth-order valence-corrected chi connectivity index (χ4v) is 3.19. The van der Waals surface area contributed by atoms with E-state index < -0.39 is 5.79 Å². The van der Waals surface area contributed by atoms with Crippen LogP contribution in [0.2, 0.25) is 0 Å². The molecule has 0 bridgehead atoms. The molecule has 20 heavy (non-hydrogen) atoms. The van der Waals surface area contributed by atoms with E-state index >= 15 is 0 Å². The third-order valence-electron chi connectivity index (χ3n) is 4.20. The Kier molecular flexibility index (Phi) is 2.72. The lowest BCUT2D eigenvalue weighted by atomic mass is 9.86. The number of fused-ring (bicyclic) bond motifs is 2. The lowest BCUT2D eigenvalue weighted by Crippen LogP contribution is -2.34. The summed E-state index contributed by atoms with van der Waals surface area (Å²) < 4.78 is 22.7. The van der Waals surface area contributed by atoms with Crippen LogP contribution in [-0.4, -0.2) is 31.1 Å². The molecule has 3 aliphatic rings. The second-order valence-corrected chi connectivity index (χ2v) is 5.32. The molecule has 0 saturated carbocycles. The zero-order valence-electron chi connectivity index (χ0n) is 11.5. The highest BCUT2D eigenvalue weighted by molar-refractivity contribution is 5.72. The van der Waals surface area contributed by atoms with E-state index in [2.05, 4.69) is 11.1 Å². The quantitative estimate of drug-likeness (QED) is 0.787. The highest BCUT2D eigenvalue weighted by atomic mass is 16.7. The lowest BCUT2D eigenvalue weighted by Gasteiger charge is -2.36. The Hall–Kier alpha value is -1.59. The number of nitrogens with zero attached hydrogens (tertiary/aromatic N) is 1. The Morgan fingerprint density at radius 3 is 2.90 bits per heavy atom. The van der Waals surface area contributed by atoms with Crippen molar-refractivity contribution >= 4 is 5.57 Å². The van der Waals surface area contributed by atoms with Crippen LogP contribution in [0.1, 0.15) is 30.5 Å². The van der Waals surface area contributed by atoms with Gasteiger partial charge in [0.1, 0.15) is 12.4 Å². The molecule has 2 aliphatic heterocycles. The Bertz CT molecular complexity index is 575. The molecule has 4 rings (SSSR count). The molecule has 0 radical (unpaired) electrons. The highest BCUT2D eigenvalue weighted by Gasteiger charge is 2.43. The molecule has 0 N–H and O–H groups in total. The molecule has 1 aliphatic carbocycles. The number of ether oxygens (including phenoxy) is 4. The minimum atomic E-state index is -0.448. The Morgan fingerprint density at radius 2 is 2.10 bits per heavy atom. The van der Waals surface area contributed by atoms with Gasteiger partial charge in [0, 0.05) is 36.5 Å². The molecule has 3 heterocycles. The summed E-state index contributed by atoms with van der Waals surface area (Å²) in [5, 5.41) is 0. The largest absolute Gasteiger partial charge is 0.491 e. The predicted molar refractivity (Wildman–Crippen MR) is 71.0 cm³/mol. The van der Waals surface area contributed by atoms with E-state index in [1.807, 2.05) is 6.07 Å².